The quantitative estimate of drug-likeness (QED) is 0.378. The Balaban J connectivity index is 1.31. The number of anilines is 1. The van der Waals surface area contributed by atoms with Crippen LogP contribution in [0.4, 0.5) is 5.13 Å². The number of methoxy groups -OCH3 is 2. The summed E-state index contributed by atoms with van der Waals surface area (Å²) in [5.74, 6) is 2.38. The van der Waals surface area contributed by atoms with Crippen LogP contribution in [0.5, 0.6) is 23.0 Å². The van der Waals surface area contributed by atoms with Gasteiger partial charge in [-0.25, -0.2) is 9.97 Å². The molecule has 1 amide bonds. The summed E-state index contributed by atoms with van der Waals surface area (Å²) < 4.78 is 21.7. The molecule has 0 radical (unpaired) electrons. The van der Waals surface area contributed by atoms with Crippen LogP contribution in [0.15, 0.2) is 41.8 Å². The average molecular weight is 496 g/mol. The molecule has 1 N–H and O–H groups in total. The van der Waals surface area contributed by atoms with Gasteiger partial charge in [0, 0.05) is 16.7 Å². The number of amides is 1. The van der Waals surface area contributed by atoms with Crippen LogP contribution in [0.1, 0.15) is 26.6 Å². The van der Waals surface area contributed by atoms with Gasteiger partial charge in [0.1, 0.15) is 10.7 Å². The number of hydrogen-bond acceptors (Lipinski definition) is 9. The number of rotatable bonds is 7. The van der Waals surface area contributed by atoms with Crippen molar-refractivity contribution in [3.63, 3.8) is 0 Å². The first-order chi connectivity index (χ1) is 16.6. The lowest BCUT2D eigenvalue weighted by molar-refractivity contribution is 0.102. The highest BCUT2D eigenvalue weighted by Gasteiger charge is 2.19. The molecule has 1 aliphatic heterocycles. The van der Waals surface area contributed by atoms with Gasteiger partial charge in [-0.2, -0.15) is 0 Å². The summed E-state index contributed by atoms with van der Waals surface area (Å²) in [4.78, 5) is 23.0. The van der Waals surface area contributed by atoms with E-state index in [1.54, 1.807) is 19.6 Å². The van der Waals surface area contributed by atoms with Crippen molar-refractivity contribution < 1.29 is 23.7 Å². The van der Waals surface area contributed by atoms with Gasteiger partial charge in [0.25, 0.3) is 5.91 Å². The SMILES string of the molecule is COc1cccc(-c2nc(C(=O)Nc3nc(C)c(Cc4ccc5c(c4)OCO5)s3)cs2)c1OC. The van der Waals surface area contributed by atoms with E-state index in [1.165, 1.54) is 22.7 Å². The minimum absolute atomic E-state index is 0.248. The van der Waals surface area contributed by atoms with Gasteiger partial charge >= 0.3 is 0 Å². The molecule has 0 spiro atoms. The van der Waals surface area contributed by atoms with Gasteiger partial charge in [-0.15, -0.1) is 22.7 Å². The number of aryl methyl sites for hydroxylation is 1. The molecule has 8 nitrogen and oxygen atoms in total. The largest absolute Gasteiger partial charge is 0.493 e. The highest BCUT2D eigenvalue weighted by Crippen LogP contribution is 2.39. The number of carbonyl (C=O) groups is 1. The number of carbonyl (C=O) groups excluding carboxylic acids is 1. The zero-order valence-corrected chi connectivity index (χ0v) is 20.3. The van der Waals surface area contributed by atoms with Gasteiger partial charge < -0.3 is 18.9 Å². The van der Waals surface area contributed by atoms with E-state index >= 15 is 0 Å². The minimum Gasteiger partial charge on any atom is -0.493 e. The summed E-state index contributed by atoms with van der Waals surface area (Å²) in [6.07, 6.45) is 0.687. The molecule has 0 fully saturated rings. The van der Waals surface area contributed by atoms with Crippen LogP contribution in [0.25, 0.3) is 10.6 Å². The molecule has 5 rings (SSSR count). The Kier molecular flexibility index (Phi) is 6.08. The normalized spacial score (nSPS) is 12.0. The van der Waals surface area contributed by atoms with Gasteiger partial charge in [-0.3, -0.25) is 10.1 Å². The minimum atomic E-state index is -0.312. The fourth-order valence-electron chi connectivity index (χ4n) is 3.60. The number of aromatic nitrogens is 2. The standard InChI is InChI=1S/C24H21N3O5S2/c1-13-20(10-14-7-8-17-19(9-14)32-12-31-17)34-24(25-13)27-22(28)16-11-33-23(26-16)15-5-4-6-18(29-2)21(15)30-3/h4-9,11H,10,12H2,1-3H3,(H,25,27,28). The van der Waals surface area contributed by atoms with E-state index in [2.05, 4.69) is 15.3 Å². The van der Waals surface area contributed by atoms with Crippen molar-refractivity contribution in [1.29, 1.82) is 0 Å². The lowest BCUT2D eigenvalue weighted by atomic mass is 10.1. The molecular weight excluding hydrogens is 474 g/mol. The maximum Gasteiger partial charge on any atom is 0.276 e. The lowest BCUT2D eigenvalue weighted by Crippen LogP contribution is -2.12. The second kappa shape index (κ2) is 9.32. The van der Waals surface area contributed by atoms with E-state index in [1.807, 2.05) is 43.3 Å². The fourth-order valence-corrected chi connectivity index (χ4v) is 5.41. The van der Waals surface area contributed by atoms with Crippen molar-refractivity contribution >= 4 is 33.7 Å². The van der Waals surface area contributed by atoms with Crippen LogP contribution in [0, 0.1) is 6.92 Å². The van der Waals surface area contributed by atoms with Crippen molar-refractivity contribution in [2.45, 2.75) is 13.3 Å². The molecule has 0 saturated carbocycles. The molecule has 4 aromatic rings. The van der Waals surface area contributed by atoms with E-state index in [4.69, 9.17) is 18.9 Å². The molecule has 2 aromatic heterocycles. The lowest BCUT2D eigenvalue weighted by Gasteiger charge is -2.10. The monoisotopic (exact) mass is 495 g/mol. The molecule has 10 heteroatoms. The Morgan fingerprint density at radius 2 is 1.97 bits per heavy atom. The molecule has 0 aliphatic carbocycles. The smallest absolute Gasteiger partial charge is 0.276 e. The highest BCUT2D eigenvalue weighted by molar-refractivity contribution is 7.16. The number of fused-ring (bicyclic) bond motifs is 1. The third-order valence-corrected chi connectivity index (χ3v) is 7.23. The molecule has 0 atom stereocenters. The topological polar surface area (TPSA) is 91.8 Å². The Morgan fingerprint density at radius 1 is 1.12 bits per heavy atom. The molecule has 3 heterocycles. The highest BCUT2D eigenvalue weighted by atomic mass is 32.1. The van der Waals surface area contributed by atoms with E-state index in [9.17, 15) is 4.79 Å². The Labute approximate surface area is 204 Å². The van der Waals surface area contributed by atoms with Crippen LogP contribution in [-0.2, 0) is 6.42 Å². The second-order valence-corrected chi connectivity index (χ2v) is 9.37. The zero-order valence-electron chi connectivity index (χ0n) is 18.7. The zero-order chi connectivity index (χ0) is 23.7. The third kappa shape index (κ3) is 4.29. The van der Waals surface area contributed by atoms with Crippen LogP contribution in [0.2, 0.25) is 0 Å². The first kappa shape index (κ1) is 22.2. The summed E-state index contributed by atoms with van der Waals surface area (Å²) in [7, 11) is 3.16. The van der Waals surface area contributed by atoms with E-state index < -0.39 is 0 Å². The summed E-state index contributed by atoms with van der Waals surface area (Å²) in [5, 5.41) is 5.80. The van der Waals surface area contributed by atoms with Crippen LogP contribution >= 0.6 is 22.7 Å². The number of ether oxygens (including phenoxy) is 4. The van der Waals surface area contributed by atoms with Gasteiger partial charge in [0.2, 0.25) is 6.79 Å². The Bertz CT molecular complexity index is 1360. The van der Waals surface area contributed by atoms with Crippen molar-refractivity contribution in [2.75, 3.05) is 26.3 Å². The summed E-state index contributed by atoms with van der Waals surface area (Å²) >= 11 is 2.81. The maximum absolute atomic E-state index is 12.9. The summed E-state index contributed by atoms with van der Waals surface area (Å²) in [6, 6.07) is 11.5. The number of hydrogen-bond donors (Lipinski definition) is 1. The molecule has 34 heavy (non-hydrogen) atoms. The maximum atomic E-state index is 12.9. The third-order valence-electron chi connectivity index (χ3n) is 5.28. The van der Waals surface area contributed by atoms with Gasteiger partial charge in [-0.05, 0) is 36.8 Å². The number of benzene rings is 2. The van der Waals surface area contributed by atoms with Gasteiger partial charge in [0.05, 0.1) is 25.5 Å². The molecule has 0 bridgehead atoms. The van der Waals surface area contributed by atoms with Crippen LogP contribution in [0.3, 0.4) is 0 Å². The number of nitrogens with zero attached hydrogens (tertiary/aromatic N) is 2. The van der Waals surface area contributed by atoms with E-state index in [-0.39, 0.29) is 12.7 Å². The van der Waals surface area contributed by atoms with Crippen molar-refractivity contribution in [2.24, 2.45) is 0 Å². The summed E-state index contributed by atoms with van der Waals surface area (Å²) in [6.45, 7) is 2.18. The predicted octanol–water partition coefficient (Wildman–Crippen LogP) is 5.16. The Hall–Kier alpha value is -3.63. The van der Waals surface area contributed by atoms with Gasteiger partial charge in [-0.1, -0.05) is 12.1 Å². The second-order valence-electron chi connectivity index (χ2n) is 7.43. The van der Waals surface area contributed by atoms with Crippen LogP contribution < -0.4 is 24.3 Å². The average Bonchev–Trinajstić information content (AvgIpc) is 3.58. The number of thiazole rings is 2. The fraction of sp³-hybridized carbons (Fsp3) is 0.208. The first-order valence-electron chi connectivity index (χ1n) is 10.4. The van der Waals surface area contributed by atoms with Crippen molar-refractivity contribution in [3.05, 3.63) is 63.6 Å². The molecular formula is C24H21N3O5S2. The van der Waals surface area contributed by atoms with Crippen molar-refractivity contribution in [3.8, 4) is 33.6 Å². The molecule has 2 aromatic carbocycles. The summed E-state index contributed by atoms with van der Waals surface area (Å²) in [5.41, 5.74) is 3.04. The number of para-hydroxylation sites is 1. The number of nitrogens with one attached hydrogen (secondary N) is 1. The molecule has 1 aliphatic rings. The molecule has 0 unspecified atom stereocenters. The Morgan fingerprint density at radius 3 is 2.79 bits per heavy atom. The van der Waals surface area contributed by atoms with Crippen molar-refractivity contribution in [1.82, 2.24) is 9.97 Å². The van der Waals surface area contributed by atoms with Gasteiger partial charge in [0.15, 0.2) is 28.1 Å². The predicted molar refractivity (Wildman–Crippen MR) is 131 cm³/mol. The first-order valence-corrected chi connectivity index (χ1v) is 12.1. The molecule has 0 saturated heterocycles. The molecule has 174 valence electrons. The van der Waals surface area contributed by atoms with E-state index in [0.29, 0.717) is 33.8 Å². The van der Waals surface area contributed by atoms with E-state index in [0.717, 1.165) is 33.2 Å². The van der Waals surface area contributed by atoms with Crippen LogP contribution in [-0.4, -0.2) is 36.9 Å².